The third kappa shape index (κ3) is 9.38. The number of aliphatic hydroxyl groups is 1. The molecule has 0 spiro atoms. The highest BCUT2D eigenvalue weighted by molar-refractivity contribution is 5.85. The summed E-state index contributed by atoms with van der Waals surface area (Å²) in [6.07, 6.45) is -4.53. The normalized spacial score (nSPS) is 18.5. The van der Waals surface area contributed by atoms with E-state index in [4.69, 9.17) is 14.2 Å². The molecule has 2 fully saturated rings. The molecule has 0 bridgehead atoms. The molecule has 5 rings (SSSR count). The van der Waals surface area contributed by atoms with E-state index < -0.39 is 12.8 Å². The van der Waals surface area contributed by atoms with Gasteiger partial charge >= 0.3 is 12.2 Å². The van der Waals surface area contributed by atoms with E-state index in [1.807, 2.05) is 36.4 Å². The molecule has 1 aromatic heterocycles. The van der Waals surface area contributed by atoms with Crippen molar-refractivity contribution in [1.82, 2.24) is 24.7 Å². The lowest BCUT2D eigenvalue weighted by atomic mass is 9.81. The van der Waals surface area contributed by atoms with Crippen LogP contribution < -0.4 is 14.2 Å². The molecule has 0 aliphatic carbocycles. The minimum Gasteiger partial charge on any atom is -0.481 e. The second kappa shape index (κ2) is 17.2. The number of hydrogen-bond donors (Lipinski definition) is 1. The largest absolute Gasteiger partial charge is 0.481 e. The van der Waals surface area contributed by atoms with Gasteiger partial charge in [0, 0.05) is 63.7 Å². The number of benzene rings is 2. The van der Waals surface area contributed by atoms with Gasteiger partial charge in [0.15, 0.2) is 6.61 Å². The molecule has 2 saturated heterocycles. The Morgan fingerprint density at radius 3 is 2.09 bits per heavy atom. The van der Waals surface area contributed by atoms with Crippen LogP contribution in [-0.2, 0) is 11.3 Å². The number of halogens is 5. The Hall–Kier alpha value is -3.36. The number of carbonyl (C=O) groups excluding carboxylic acids is 1. The number of amides is 1. The molecule has 0 radical (unpaired) electrons. The van der Waals surface area contributed by atoms with E-state index in [1.54, 1.807) is 4.90 Å². The first kappa shape index (κ1) is 38.1. The zero-order chi connectivity index (χ0) is 32.0. The Labute approximate surface area is 284 Å². The first-order valence-electron chi connectivity index (χ1n) is 14.9. The lowest BCUT2D eigenvalue weighted by Crippen LogP contribution is -2.67. The number of hydrogen-bond acceptors (Lipinski definition) is 9. The van der Waals surface area contributed by atoms with E-state index in [1.165, 1.54) is 14.2 Å². The third-order valence-electron chi connectivity index (χ3n) is 8.29. The van der Waals surface area contributed by atoms with E-state index in [0.717, 1.165) is 11.1 Å². The zero-order valence-corrected chi connectivity index (χ0v) is 27.8. The first-order valence-corrected chi connectivity index (χ1v) is 14.9. The van der Waals surface area contributed by atoms with Gasteiger partial charge in [-0.05, 0) is 11.1 Å². The molecule has 10 nitrogen and oxygen atoms in total. The van der Waals surface area contributed by atoms with E-state index in [0.29, 0.717) is 32.7 Å². The smallest absolute Gasteiger partial charge is 0.422 e. The average molecular weight is 703 g/mol. The number of piperazine rings is 2. The van der Waals surface area contributed by atoms with Crippen molar-refractivity contribution in [2.75, 3.05) is 60.2 Å². The summed E-state index contributed by atoms with van der Waals surface area (Å²) in [5.74, 6) is -0.348. The molecule has 47 heavy (non-hydrogen) atoms. The lowest BCUT2D eigenvalue weighted by Gasteiger charge is -2.53. The molecule has 0 unspecified atom stereocenters. The Balaban J connectivity index is 0.00000300. The summed E-state index contributed by atoms with van der Waals surface area (Å²) in [6, 6.07) is 20.1. The lowest BCUT2D eigenvalue weighted by molar-refractivity contribution is -0.154. The predicted octanol–water partition coefficient (Wildman–Crippen LogP) is 4.19. The number of fused-ring (bicyclic) bond motifs is 1. The van der Waals surface area contributed by atoms with Crippen LogP contribution in [-0.4, -0.2) is 114 Å². The first-order chi connectivity index (χ1) is 21.7. The summed E-state index contributed by atoms with van der Waals surface area (Å²) < 4.78 is 55.4. The Kier molecular flexibility index (Phi) is 13.9. The number of carbonyl (C=O) groups is 1. The summed E-state index contributed by atoms with van der Waals surface area (Å²) in [5.41, 5.74) is 2.54. The SMILES string of the molecule is COc1nc(OC)c(CN2C[C@@H]3CN(C(=O)CCO)CCN3[C@H](C(c3ccccc3)c3ccccc3)C2)c(OCC(F)(F)F)n1.Cl.Cl. The summed E-state index contributed by atoms with van der Waals surface area (Å²) in [4.78, 5) is 27.5. The van der Waals surface area contributed by atoms with E-state index in [9.17, 15) is 23.1 Å². The number of nitrogens with zero attached hydrogens (tertiary/aromatic N) is 5. The number of aromatic nitrogens is 2. The molecule has 2 atom stereocenters. The van der Waals surface area contributed by atoms with Crippen molar-refractivity contribution in [1.29, 1.82) is 0 Å². The second-order valence-corrected chi connectivity index (χ2v) is 11.2. The zero-order valence-electron chi connectivity index (χ0n) is 26.1. The maximum Gasteiger partial charge on any atom is 0.422 e. The van der Waals surface area contributed by atoms with Crippen molar-refractivity contribution in [3.8, 4) is 17.8 Å². The molecule has 2 aliphatic heterocycles. The number of rotatable bonds is 11. The van der Waals surface area contributed by atoms with Crippen LogP contribution in [0.2, 0.25) is 0 Å². The summed E-state index contributed by atoms with van der Waals surface area (Å²) in [7, 11) is 2.69. The van der Waals surface area contributed by atoms with Crippen LogP contribution in [0, 0.1) is 0 Å². The molecule has 15 heteroatoms. The highest BCUT2D eigenvalue weighted by Crippen LogP contribution is 2.38. The van der Waals surface area contributed by atoms with Crippen molar-refractivity contribution in [3.05, 3.63) is 77.4 Å². The van der Waals surface area contributed by atoms with E-state index in [2.05, 4.69) is 44.0 Å². The van der Waals surface area contributed by atoms with Crippen LogP contribution in [0.4, 0.5) is 13.2 Å². The van der Waals surface area contributed by atoms with Gasteiger partial charge in [-0.3, -0.25) is 14.6 Å². The maximum atomic E-state index is 13.2. The maximum absolute atomic E-state index is 13.2. The molecule has 3 heterocycles. The van der Waals surface area contributed by atoms with Gasteiger partial charge in [0.2, 0.25) is 17.7 Å². The van der Waals surface area contributed by atoms with Gasteiger partial charge < -0.3 is 24.2 Å². The fraction of sp³-hybridized carbons (Fsp3) is 0.469. The quantitative estimate of drug-likeness (QED) is 0.316. The number of aliphatic hydroxyl groups excluding tert-OH is 1. The van der Waals surface area contributed by atoms with Crippen LogP contribution in [0.15, 0.2) is 60.7 Å². The fourth-order valence-corrected chi connectivity index (χ4v) is 6.39. The van der Waals surface area contributed by atoms with Crippen LogP contribution in [0.25, 0.3) is 0 Å². The number of ether oxygens (including phenoxy) is 3. The van der Waals surface area contributed by atoms with Crippen LogP contribution in [0.5, 0.6) is 17.8 Å². The standard InChI is InChI=1S/C32H38F3N5O5.2ClH/c1-43-29-25(30(37-31(36-29)44-2)45-21-32(33,34)35)19-38-17-24-18-39(27(42)13-16-41)14-15-40(24)26(20-38)28(22-9-5-3-6-10-22)23-11-7-4-8-12-23;;/h3-12,24,26,28,41H,13-21H2,1-2H3;2*1H/t24-,26+;;/m1../s1. The molecular weight excluding hydrogens is 662 g/mol. The topological polar surface area (TPSA) is 100 Å². The van der Waals surface area contributed by atoms with Gasteiger partial charge in [-0.2, -0.15) is 23.1 Å². The third-order valence-corrected chi connectivity index (χ3v) is 8.29. The van der Waals surface area contributed by atoms with Gasteiger partial charge in [-0.1, -0.05) is 60.7 Å². The van der Waals surface area contributed by atoms with Crippen molar-refractivity contribution in [2.45, 2.75) is 37.1 Å². The minimum atomic E-state index is -4.58. The monoisotopic (exact) mass is 701 g/mol. The minimum absolute atomic E-state index is 0. The number of methoxy groups -OCH3 is 2. The summed E-state index contributed by atoms with van der Waals surface area (Å²) >= 11 is 0. The highest BCUT2D eigenvalue weighted by Gasteiger charge is 2.43. The van der Waals surface area contributed by atoms with Gasteiger partial charge in [0.1, 0.15) is 0 Å². The van der Waals surface area contributed by atoms with E-state index in [-0.39, 0.29) is 91.6 Å². The van der Waals surface area contributed by atoms with Crippen molar-refractivity contribution in [3.63, 3.8) is 0 Å². The van der Waals surface area contributed by atoms with Gasteiger partial charge in [0.25, 0.3) is 0 Å². The molecule has 0 saturated carbocycles. The highest BCUT2D eigenvalue weighted by atomic mass is 35.5. The Morgan fingerprint density at radius 1 is 0.915 bits per heavy atom. The molecule has 1 N–H and O–H groups in total. The Morgan fingerprint density at radius 2 is 1.53 bits per heavy atom. The molecule has 2 aliphatic rings. The van der Waals surface area contributed by atoms with Crippen molar-refractivity contribution < 1.29 is 37.3 Å². The molecule has 258 valence electrons. The summed E-state index contributed by atoms with van der Waals surface area (Å²) in [6.45, 7) is 1.10. The van der Waals surface area contributed by atoms with E-state index >= 15 is 0 Å². The second-order valence-electron chi connectivity index (χ2n) is 11.2. The Bertz CT molecular complexity index is 1390. The van der Waals surface area contributed by atoms with Gasteiger partial charge in [-0.15, -0.1) is 24.8 Å². The van der Waals surface area contributed by atoms with Crippen molar-refractivity contribution >= 4 is 30.7 Å². The van der Waals surface area contributed by atoms with Crippen LogP contribution in [0.1, 0.15) is 29.0 Å². The molecule has 3 aromatic rings. The van der Waals surface area contributed by atoms with Crippen LogP contribution >= 0.6 is 24.8 Å². The fourth-order valence-electron chi connectivity index (χ4n) is 6.39. The number of alkyl halides is 3. The average Bonchev–Trinajstić information content (AvgIpc) is 3.04. The van der Waals surface area contributed by atoms with Gasteiger partial charge in [0.05, 0.1) is 26.4 Å². The van der Waals surface area contributed by atoms with Crippen molar-refractivity contribution in [2.24, 2.45) is 0 Å². The molecule has 2 aromatic carbocycles. The summed E-state index contributed by atoms with van der Waals surface area (Å²) in [5, 5.41) is 9.40. The predicted molar refractivity (Wildman–Crippen MR) is 174 cm³/mol. The molecular formula is C32H40Cl2F3N5O5. The molecule has 1 amide bonds. The van der Waals surface area contributed by atoms with Gasteiger partial charge in [-0.25, -0.2) is 0 Å². The van der Waals surface area contributed by atoms with Crippen LogP contribution in [0.3, 0.4) is 0 Å².